The Bertz CT molecular complexity index is 1850. The van der Waals surface area contributed by atoms with Gasteiger partial charge in [0, 0.05) is 36.4 Å². The number of aliphatic carboxylic acids is 1. The summed E-state index contributed by atoms with van der Waals surface area (Å²) in [5, 5.41) is 35.8. The van der Waals surface area contributed by atoms with Crippen molar-refractivity contribution < 1.29 is 48.0 Å². The highest BCUT2D eigenvalue weighted by Crippen LogP contribution is 2.18. The van der Waals surface area contributed by atoms with Gasteiger partial charge in [-0.1, -0.05) is 76.6 Å². The van der Waals surface area contributed by atoms with Crippen molar-refractivity contribution in [2.24, 2.45) is 11.8 Å². The Labute approximate surface area is 366 Å². The van der Waals surface area contributed by atoms with Crippen LogP contribution in [0.1, 0.15) is 83.8 Å². The van der Waals surface area contributed by atoms with Gasteiger partial charge in [-0.25, -0.2) is 9.59 Å². The predicted molar refractivity (Wildman–Crippen MR) is 235 cm³/mol. The number of aryl methyl sites for hydroxylation is 2. The molecule has 17 nitrogen and oxygen atoms in total. The number of hydrogen-bond acceptors (Lipinski definition) is 9. The molecule has 0 spiro atoms. The van der Waals surface area contributed by atoms with Crippen molar-refractivity contribution in [1.82, 2.24) is 36.8 Å². The maximum Gasteiger partial charge on any atom is 0.326 e. The summed E-state index contributed by atoms with van der Waals surface area (Å²) < 4.78 is 12.2. The number of likely N-dealkylation sites (N-methyl/N-ethyl adjacent to an activating group) is 1. The van der Waals surface area contributed by atoms with Crippen LogP contribution in [0.2, 0.25) is 0 Å². The first-order valence-electron chi connectivity index (χ1n) is 21.3. The SMILES string of the molecule is CCC(C)C(NC(=O)NC1CCCCNC(=O)C(CCS(C)=O)NC(=O)C(CCc2ccc(O)cc2)N(C)C(=O)C(CCc2ccccc2)NC(=O)C(C(C)C)NC1=O)C(=O)O. The van der Waals surface area contributed by atoms with Gasteiger partial charge in [-0.3, -0.25) is 28.2 Å². The Morgan fingerprint density at radius 3 is 2.06 bits per heavy atom. The second kappa shape index (κ2) is 25.4. The van der Waals surface area contributed by atoms with E-state index < -0.39 is 100 Å². The van der Waals surface area contributed by atoms with Gasteiger partial charge < -0.3 is 47.0 Å². The summed E-state index contributed by atoms with van der Waals surface area (Å²) in [6, 6.07) is 7.73. The molecule has 8 atom stereocenters. The molecule has 0 radical (unpaired) electrons. The molecule has 1 aliphatic heterocycles. The van der Waals surface area contributed by atoms with Crippen LogP contribution in [0.15, 0.2) is 54.6 Å². The van der Waals surface area contributed by atoms with E-state index >= 15 is 0 Å². The first-order chi connectivity index (χ1) is 29.4. The maximum atomic E-state index is 14.6. The molecule has 0 aliphatic carbocycles. The number of benzene rings is 2. The number of nitrogens with one attached hydrogen (secondary N) is 6. The minimum Gasteiger partial charge on any atom is -0.508 e. The number of phenols is 1. The lowest BCUT2D eigenvalue weighted by Crippen LogP contribution is -2.60. The predicted octanol–water partition coefficient (Wildman–Crippen LogP) is 2.13. The molecule has 2 aromatic carbocycles. The minimum atomic E-state index is -1.31. The van der Waals surface area contributed by atoms with Crippen molar-refractivity contribution in [2.75, 3.05) is 25.6 Å². The van der Waals surface area contributed by atoms with Gasteiger partial charge in [0.2, 0.25) is 29.5 Å². The molecular weight excluding hydrogens is 819 g/mol. The third kappa shape index (κ3) is 16.4. The van der Waals surface area contributed by atoms with E-state index in [1.807, 2.05) is 30.3 Å². The van der Waals surface area contributed by atoms with Crippen molar-refractivity contribution >= 4 is 52.3 Å². The van der Waals surface area contributed by atoms with E-state index in [9.17, 15) is 48.0 Å². The molecule has 1 fully saturated rings. The third-order valence-electron chi connectivity index (χ3n) is 11.1. The zero-order chi connectivity index (χ0) is 45.9. The fourth-order valence-corrected chi connectivity index (χ4v) is 7.62. The summed E-state index contributed by atoms with van der Waals surface area (Å²) >= 11 is 0. The van der Waals surface area contributed by atoms with Gasteiger partial charge in [0.15, 0.2) is 0 Å². The highest BCUT2D eigenvalue weighted by Gasteiger charge is 2.37. The van der Waals surface area contributed by atoms with Crippen LogP contribution in [0.25, 0.3) is 0 Å². The Morgan fingerprint density at radius 1 is 0.823 bits per heavy atom. The first-order valence-corrected chi connectivity index (χ1v) is 23.0. The van der Waals surface area contributed by atoms with Crippen molar-refractivity contribution in [3.63, 3.8) is 0 Å². The summed E-state index contributed by atoms with van der Waals surface area (Å²) in [7, 11) is 0.142. The molecule has 1 saturated heterocycles. The lowest BCUT2D eigenvalue weighted by Gasteiger charge is -2.33. The van der Waals surface area contributed by atoms with Gasteiger partial charge in [0.25, 0.3) is 0 Å². The lowest BCUT2D eigenvalue weighted by atomic mass is 9.98. The van der Waals surface area contributed by atoms with E-state index in [1.165, 1.54) is 30.3 Å². The van der Waals surface area contributed by atoms with Crippen LogP contribution in [-0.4, -0.2) is 123 Å². The van der Waals surface area contributed by atoms with Gasteiger partial charge in [0.1, 0.15) is 42.0 Å². The Morgan fingerprint density at radius 2 is 1.45 bits per heavy atom. The Balaban J connectivity index is 2.06. The second-order valence-corrected chi connectivity index (χ2v) is 17.8. The Hall–Kier alpha value is -5.52. The van der Waals surface area contributed by atoms with E-state index in [4.69, 9.17) is 0 Å². The molecule has 2 aromatic rings. The normalized spacial score (nSPS) is 22.7. The van der Waals surface area contributed by atoms with Crippen LogP contribution < -0.4 is 31.9 Å². The zero-order valence-corrected chi connectivity index (χ0v) is 37.4. The standard InChI is InChI=1S/C44H65N7O10S/c1-7-28(4)37(43(58)59)50-44(60)48-32-15-11-12-25-45-38(53)33(24-26-62(6)61)46-40(55)35(23-19-30-16-20-31(52)21-17-30)51(5)42(57)34(22-18-29-13-9-8-10-14-29)47-41(56)36(27(2)3)49-39(32)54/h8-10,13-14,16-17,20-21,27-28,32-37,52H,7,11-12,15,18-19,22-26H2,1-6H3,(H,45,53)(H,46,55)(H,47,56)(H,49,54)(H,58,59)(H2,48,50,60). The monoisotopic (exact) mass is 883 g/mol. The molecule has 8 unspecified atom stereocenters. The third-order valence-corrected chi connectivity index (χ3v) is 11.9. The molecule has 7 amide bonds. The molecule has 342 valence electrons. The minimum absolute atomic E-state index is 0.0324. The number of rotatable bonds is 15. The van der Waals surface area contributed by atoms with Crippen LogP contribution in [0.4, 0.5) is 4.79 Å². The number of urea groups is 1. The van der Waals surface area contributed by atoms with E-state index in [2.05, 4.69) is 31.9 Å². The summed E-state index contributed by atoms with van der Waals surface area (Å²) in [5.41, 5.74) is 1.66. The highest BCUT2D eigenvalue weighted by molar-refractivity contribution is 7.84. The number of nitrogens with zero attached hydrogens (tertiary/aromatic N) is 1. The van der Waals surface area contributed by atoms with Crippen LogP contribution >= 0.6 is 0 Å². The van der Waals surface area contributed by atoms with Gasteiger partial charge in [-0.05, 0) is 86.5 Å². The fourth-order valence-electron chi connectivity index (χ4n) is 7.05. The van der Waals surface area contributed by atoms with Gasteiger partial charge >= 0.3 is 12.0 Å². The second-order valence-electron chi connectivity index (χ2n) is 16.3. The number of carbonyl (C=O) groups excluding carboxylic acids is 6. The molecule has 3 rings (SSSR count). The van der Waals surface area contributed by atoms with E-state index in [1.54, 1.807) is 39.8 Å². The van der Waals surface area contributed by atoms with Crippen LogP contribution in [-0.2, 0) is 52.4 Å². The van der Waals surface area contributed by atoms with Crippen molar-refractivity contribution in [3.8, 4) is 5.75 Å². The molecule has 62 heavy (non-hydrogen) atoms. The molecule has 0 bridgehead atoms. The topological polar surface area (TPSA) is 252 Å². The first kappa shape index (κ1) is 50.8. The average molecular weight is 884 g/mol. The molecule has 1 aliphatic rings. The van der Waals surface area contributed by atoms with Crippen LogP contribution in [0, 0.1) is 11.8 Å². The van der Waals surface area contributed by atoms with E-state index in [0.717, 1.165) is 11.1 Å². The fraction of sp³-hybridized carbons (Fsp3) is 0.568. The van der Waals surface area contributed by atoms with E-state index in [0.29, 0.717) is 32.1 Å². The molecule has 0 saturated carbocycles. The summed E-state index contributed by atoms with van der Waals surface area (Å²) in [6.45, 7) is 6.99. The van der Waals surface area contributed by atoms with Crippen molar-refractivity contribution in [1.29, 1.82) is 0 Å². The van der Waals surface area contributed by atoms with Gasteiger partial charge in [-0.15, -0.1) is 0 Å². The lowest BCUT2D eigenvalue weighted by molar-refractivity contribution is -0.143. The smallest absolute Gasteiger partial charge is 0.326 e. The number of amides is 7. The summed E-state index contributed by atoms with van der Waals surface area (Å²) in [5.74, 6) is -5.18. The Kier molecular flexibility index (Phi) is 20.8. The molecular formula is C44H65N7O10S. The summed E-state index contributed by atoms with van der Waals surface area (Å²) in [6.07, 6.45) is 3.52. The maximum absolute atomic E-state index is 14.6. The molecule has 18 heteroatoms. The van der Waals surface area contributed by atoms with Gasteiger partial charge in [0.05, 0.1) is 0 Å². The average Bonchev–Trinajstić information content (AvgIpc) is 3.23. The highest BCUT2D eigenvalue weighted by atomic mass is 32.2. The molecule has 1 heterocycles. The van der Waals surface area contributed by atoms with Gasteiger partial charge in [-0.2, -0.15) is 0 Å². The number of carboxylic acid groups (broad SMARTS) is 1. The molecule has 0 aromatic heterocycles. The largest absolute Gasteiger partial charge is 0.508 e. The quantitative estimate of drug-likeness (QED) is 0.129. The van der Waals surface area contributed by atoms with Crippen molar-refractivity contribution in [2.45, 2.75) is 122 Å². The number of aromatic hydroxyl groups is 1. The number of phenolic OH excluding ortho intramolecular Hbond substituents is 1. The van der Waals surface area contributed by atoms with Crippen LogP contribution in [0.5, 0.6) is 5.75 Å². The summed E-state index contributed by atoms with van der Waals surface area (Å²) in [4.78, 5) is 97.2. The van der Waals surface area contributed by atoms with Crippen LogP contribution in [0.3, 0.4) is 0 Å². The number of carbonyl (C=O) groups is 7. The zero-order valence-electron chi connectivity index (χ0n) is 36.6. The van der Waals surface area contributed by atoms with Crippen molar-refractivity contribution in [3.05, 3.63) is 65.7 Å². The number of carboxylic acids is 1. The van der Waals surface area contributed by atoms with E-state index in [-0.39, 0.29) is 43.7 Å². The number of hydrogen-bond donors (Lipinski definition) is 8. The molecule has 8 N–H and O–H groups in total.